The number of carboxylic acid groups (broad SMARTS) is 1. The molecule has 0 heterocycles. The molecule has 2 N–H and O–H groups in total. The van der Waals surface area contributed by atoms with Crippen LogP contribution in [0.15, 0.2) is 30.3 Å². The van der Waals surface area contributed by atoms with E-state index in [1.54, 1.807) is 4.90 Å². The maximum Gasteiger partial charge on any atom is 0.317 e. The van der Waals surface area contributed by atoms with Crippen molar-refractivity contribution in [3.63, 3.8) is 0 Å². The predicted molar refractivity (Wildman–Crippen MR) is 82.0 cm³/mol. The van der Waals surface area contributed by atoms with Gasteiger partial charge in [0.1, 0.15) is 0 Å². The molecule has 0 fully saturated rings. The van der Waals surface area contributed by atoms with Crippen molar-refractivity contribution in [2.75, 3.05) is 13.1 Å². The number of carbonyl (C=O) groups is 2. The van der Waals surface area contributed by atoms with Crippen molar-refractivity contribution in [3.8, 4) is 0 Å². The molecule has 5 nitrogen and oxygen atoms in total. The normalized spacial score (nSPS) is 11.7. The van der Waals surface area contributed by atoms with Gasteiger partial charge in [-0.2, -0.15) is 0 Å². The molecule has 0 saturated carbocycles. The molecule has 1 aromatic rings. The van der Waals surface area contributed by atoms with Gasteiger partial charge in [0, 0.05) is 19.6 Å². The first-order valence-electron chi connectivity index (χ1n) is 7.38. The third kappa shape index (κ3) is 5.85. The fourth-order valence-electron chi connectivity index (χ4n) is 2.11. The van der Waals surface area contributed by atoms with Gasteiger partial charge in [-0.15, -0.1) is 0 Å². The summed E-state index contributed by atoms with van der Waals surface area (Å²) in [6.07, 6.45) is 1.36. The number of rotatable bonds is 8. The molecule has 2 amide bonds. The van der Waals surface area contributed by atoms with Crippen LogP contribution in [-0.2, 0) is 11.3 Å². The van der Waals surface area contributed by atoms with E-state index in [9.17, 15) is 9.59 Å². The van der Waals surface area contributed by atoms with Crippen LogP contribution in [0.25, 0.3) is 0 Å². The molecule has 1 rings (SSSR count). The Labute approximate surface area is 126 Å². The molecule has 5 heteroatoms. The van der Waals surface area contributed by atoms with Gasteiger partial charge in [0.2, 0.25) is 0 Å². The van der Waals surface area contributed by atoms with E-state index in [0.29, 0.717) is 19.5 Å². The number of nitrogens with one attached hydrogen (secondary N) is 1. The number of hydrogen-bond donors (Lipinski definition) is 2. The van der Waals surface area contributed by atoms with Gasteiger partial charge in [-0.1, -0.05) is 43.7 Å². The summed E-state index contributed by atoms with van der Waals surface area (Å²) in [7, 11) is 0. The molecule has 0 bridgehead atoms. The Hall–Kier alpha value is -2.04. The Bertz CT molecular complexity index is 448. The maximum atomic E-state index is 12.1. The number of nitrogens with zero attached hydrogens (tertiary/aromatic N) is 1. The molecular formula is C16H24N2O3. The highest BCUT2D eigenvalue weighted by Gasteiger charge is 2.19. The Kier molecular flexibility index (Phi) is 7.29. The van der Waals surface area contributed by atoms with Crippen LogP contribution >= 0.6 is 0 Å². The fourth-order valence-corrected chi connectivity index (χ4v) is 2.11. The van der Waals surface area contributed by atoms with Gasteiger partial charge in [-0.3, -0.25) is 4.79 Å². The molecule has 0 saturated heterocycles. The van der Waals surface area contributed by atoms with E-state index in [2.05, 4.69) is 5.32 Å². The van der Waals surface area contributed by atoms with Crippen LogP contribution in [0.1, 0.15) is 32.3 Å². The molecule has 0 aliphatic carbocycles. The summed E-state index contributed by atoms with van der Waals surface area (Å²) in [5.74, 6) is -1.38. The van der Waals surface area contributed by atoms with Gasteiger partial charge < -0.3 is 15.3 Å². The highest BCUT2D eigenvalue weighted by Crippen LogP contribution is 2.07. The van der Waals surface area contributed by atoms with Crippen molar-refractivity contribution in [2.45, 2.75) is 33.2 Å². The molecule has 1 aromatic carbocycles. The zero-order valence-corrected chi connectivity index (χ0v) is 12.7. The van der Waals surface area contributed by atoms with Crippen molar-refractivity contribution >= 4 is 12.0 Å². The Morgan fingerprint density at radius 1 is 1.24 bits per heavy atom. The third-order valence-corrected chi connectivity index (χ3v) is 3.37. The second-order valence-electron chi connectivity index (χ2n) is 5.01. The van der Waals surface area contributed by atoms with Gasteiger partial charge >= 0.3 is 12.0 Å². The van der Waals surface area contributed by atoms with Crippen LogP contribution in [0.3, 0.4) is 0 Å². The zero-order chi connectivity index (χ0) is 15.7. The van der Waals surface area contributed by atoms with Crippen LogP contribution in [0, 0.1) is 5.92 Å². The first-order chi connectivity index (χ1) is 10.1. The van der Waals surface area contributed by atoms with Crippen molar-refractivity contribution < 1.29 is 14.7 Å². The Morgan fingerprint density at radius 2 is 1.90 bits per heavy atom. The minimum Gasteiger partial charge on any atom is -0.481 e. The summed E-state index contributed by atoms with van der Waals surface area (Å²) in [4.78, 5) is 24.9. The molecule has 0 spiro atoms. The highest BCUT2D eigenvalue weighted by molar-refractivity contribution is 5.76. The summed E-state index contributed by atoms with van der Waals surface area (Å²) in [5, 5.41) is 11.8. The van der Waals surface area contributed by atoms with Crippen LogP contribution in [0.2, 0.25) is 0 Å². The molecule has 0 aliphatic heterocycles. The van der Waals surface area contributed by atoms with E-state index in [1.165, 1.54) is 0 Å². The maximum absolute atomic E-state index is 12.1. The lowest BCUT2D eigenvalue weighted by atomic mass is 10.0. The number of urea groups is 1. The van der Waals surface area contributed by atoms with Gasteiger partial charge in [0.25, 0.3) is 0 Å². The van der Waals surface area contributed by atoms with E-state index in [1.807, 2.05) is 44.2 Å². The van der Waals surface area contributed by atoms with E-state index in [-0.39, 0.29) is 12.6 Å². The number of aliphatic carboxylic acids is 1. The SMILES string of the molecule is CCCC(CNC(=O)N(CC)Cc1ccccc1)C(=O)O. The van der Waals surface area contributed by atoms with Crippen LogP contribution in [-0.4, -0.2) is 35.1 Å². The lowest BCUT2D eigenvalue weighted by Crippen LogP contribution is -2.42. The first-order valence-corrected chi connectivity index (χ1v) is 7.38. The highest BCUT2D eigenvalue weighted by atomic mass is 16.4. The molecule has 116 valence electrons. The number of hydrogen-bond acceptors (Lipinski definition) is 2. The van der Waals surface area contributed by atoms with E-state index in [4.69, 9.17) is 5.11 Å². The van der Waals surface area contributed by atoms with Crippen LogP contribution < -0.4 is 5.32 Å². The van der Waals surface area contributed by atoms with E-state index >= 15 is 0 Å². The van der Waals surface area contributed by atoms with Gasteiger partial charge in [-0.25, -0.2) is 4.79 Å². The molecule has 1 unspecified atom stereocenters. The van der Waals surface area contributed by atoms with E-state index < -0.39 is 11.9 Å². The first kappa shape index (κ1) is 17.0. The summed E-state index contributed by atoms with van der Waals surface area (Å²) in [6, 6.07) is 9.51. The smallest absolute Gasteiger partial charge is 0.317 e. The second-order valence-corrected chi connectivity index (χ2v) is 5.01. The molecular weight excluding hydrogens is 268 g/mol. The van der Waals surface area contributed by atoms with Crippen LogP contribution in [0.4, 0.5) is 4.79 Å². The minimum atomic E-state index is -0.858. The number of carbonyl (C=O) groups excluding carboxylic acids is 1. The van der Waals surface area contributed by atoms with E-state index in [0.717, 1.165) is 12.0 Å². The van der Waals surface area contributed by atoms with Crippen molar-refractivity contribution in [3.05, 3.63) is 35.9 Å². The average Bonchev–Trinajstić information content (AvgIpc) is 2.49. The van der Waals surface area contributed by atoms with Gasteiger partial charge in [0.15, 0.2) is 0 Å². The second kappa shape index (κ2) is 9.00. The van der Waals surface area contributed by atoms with Gasteiger partial charge in [0.05, 0.1) is 5.92 Å². The molecule has 21 heavy (non-hydrogen) atoms. The van der Waals surface area contributed by atoms with Gasteiger partial charge in [-0.05, 0) is 18.9 Å². The number of amides is 2. The topological polar surface area (TPSA) is 69.6 Å². The van der Waals surface area contributed by atoms with Crippen molar-refractivity contribution in [1.29, 1.82) is 0 Å². The summed E-state index contributed by atoms with van der Waals surface area (Å²) < 4.78 is 0. The lowest BCUT2D eigenvalue weighted by molar-refractivity contribution is -0.141. The fraction of sp³-hybridized carbons (Fsp3) is 0.500. The molecule has 0 aliphatic rings. The van der Waals surface area contributed by atoms with Crippen LogP contribution in [0.5, 0.6) is 0 Å². The quantitative estimate of drug-likeness (QED) is 0.774. The number of benzene rings is 1. The molecule has 0 aromatic heterocycles. The Morgan fingerprint density at radius 3 is 2.43 bits per heavy atom. The molecule has 1 atom stereocenters. The van der Waals surface area contributed by atoms with Crippen molar-refractivity contribution in [1.82, 2.24) is 10.2 Å². The number of carboxylic acids is 1. The monoisotopic (exact) mass is 292 g/mol. The largest absolute Gasteiger partial charge is 0.481 e. The zero-order valence-electron chi connectivity index (χ0n) is 12.7. The predicted octanol–water partition coefficient (Wildman–Crippen LogP) is 2.72. The summed E-state index contributed by atoms with van der Waals surface area (Å²) >= 11 is 0. The third-order valence-electron chi connectivity index (χ3n) is 3.37. The summed E-state index contributed by atoms with van der Waals surface area (Å²) in [6.45, 7) is 5.11. The lowest BCUT2D eigenvalue weighted by Gasteiger charge is -2.22. The Balaban J connectivity index is 2.53. The standard InChI is InChI=1S/C16H24N2O3/c1-3-8-14(15(19)20)11-17-16(21)18(4-2)12-13-9-6-5-7-10-13/h5-7,9-10,14H,3-4,8,11-12H2,1-2H3,(H,17,21)(H,19,20). The van der Waals surface area contributed by atoms with Crippen molar-refractivity contribution in [2.24, 2.45) is 5.92 Å². The summed E-state index contributed by atoms with van der Waals surface area (Å²) in [5.41, 5.74) is 1.05. The average molecular weight is 292 g/mol. The minimum absolute atomic E-state index is 0.174. The molecule has 0 radical (unpaired) electrons.